The van der Waals surface area contributed by atoms with Crippen molar-refractivity contribution in [2.45, 2.75) is 19.1 Å². The molecule has 2 N–H and O–H groups in total. The lowest BCUT2D eigenvalue weighted by Crippen LogP contribution is -2.21. The van der Waals surface area contributed by atoms with Crippen LogP contribution in [0.4, 0.5) is 10.1 Å². The van der Waals surface area contributed by atoms with E-state index in [4.69, 9.17) is 16.3 Å². The Balaban J connectivity index is 1.91. The van der Waals surface area contributed by atoms with Gasteiger partial charge in [-0.05, 0) is 24.6 Å². The number of aromatic nitrogens is 1. The Bertz CT molecular complexity index is 872. The maximum absolute atomic E-state index is 13.1. The van der Waals surface area contributed by atoms with Gasteiger partial charge in [0.1, 0.15) is 11.6 Å². The second-order valence-corrected chi connectivity index (χ2v) is 7.30. The first-order valence-corrected chi connectivity index (χ1v) is 9.70. The van der Waals surface area contributed by atoms with E-state index in [1.807, 2.05) is 6.92 Å². The summed E-state index contributed by atoms with van der Waals surface area (Å²) in [6, 6.07) is 5.06. The van der Waals surface area contributed by atoms with E-state index in [9.17, 15) is 18.2 Å². The van der Waals surface area contributed by atoms with Crippen molar-refractivity contribution in [3.8, 4) is 5.75 Å². The van der Waals surface area contributed by atoms with Crippen LogP contribution in [-0.4, -0.2) is 27.5 Å². The van der Waals surface area contributed by atoms with Crippen molar-refractivity contribution in [1.82, 2.24) is 4.98 Å². The molecule has 0 aliphatic heterocycles. The molecule has 26 heavy (non-hydrogen) atoms. The summed E-state index contributed by atoms with van der Waals surface area (Å²) in [5.41, 5.74) is 0.439. The zero-order valence-electron chi connectivity index (χ0n) is 14.0. The van der Waals surface area contributed by atoms with Crippen LogP contribution in [0.2, 0.25) is 5.02 Å². The first-order chi connectivity index (χ1) is 12.4. The van der Waals surface area contributed by atoms with Crippen molar-refractivity contribution in [2.24, 2.45) is 0 Å². The van der Waals surface area contributed by atoms with Gasteiger partial charge < -0.3 is 15.0 Å². The van der Waals surface area contributed by atoms with Gasteiger partial charge in [0.2, 0.25) is 11.3 Å². The Morgan fingerprint density at radius 1 is 1.38 bits per heavy atom. The molecule has 0 radical (unpaired) electrons. The lowest BCUT2D eigenvalue weighted by Gasteiger charge is -2.07. The van der Waals surface area contributed by atoms with Crippen molar-refractivity contribution >= 4 is 34.0 Å². The van der Waals surface area contributed by atoms with Crippen LogP contribution in [-0.2, 0) is 21.3 Å². The predicted octanol–water partition coefficient (Wildman–Crippen LogP) is 2.84. The predicted molar refractivity (Wildman–Crippen MR) is 99.6 cm³/mol. The van der Waals surface area contributed by atoms with Gasteiger partial charge in [-0.15, -0.1) is 0 Å². The molecule has 0 saturated heterocycles. The number of nitrogens with one attached hydrogen (secondary N) is 2. The summed E-state index contributed by atoms with van der Waals surface area (Å²) in [6.45, 7) is 2.36. The van der Waals surface area contributed by atoms with Crippen LogP contribution < -0.4 is 15.5 Å². The number of carbonyl (C=O) groups is 1. The molecule has 0 bridgehead atoms. The van der Waals surface area contributed by atoms with Gasteiger partial charge in [-0.1, -0.05) is 18.5 Å². The number of aromatic amines is 1. The second-order valence-electron chi connectivity index (χ2n) is 5.44. The summed E-state index contributed by atoms with van der Waals surface area (Å²) >= 11 is 5.64. The largest absolute Gasteiger partial charge is 0.488 e. The van der Waals surface area contributed by atoms with Gasteiger partial charge in [0, 0.05) is 34.4 Å². The van der Waals surface area contributed by atoms with Crippen molar-refractivity contribution in [3.63, 3.8) is 0 Å². The molecule has 2 rings (SSSR count). The third-order valence-electron chi connectivity index (χ3n) is 3.21. The van der Waals surface area contributed by atoms with E-state index in [2.05, 4.69) is 10.3 Å². The number of hydrogen-bond acceptors (Lipinski definition) is 4. The zero-order valence-corrected chi connectivity index (χ0v) is 15.6. The number of pyridine rings is 1. The Labute approximate surface area is 157 Å². The minimum absolute atomic E-state index is 0.0148. The van der Waals surface area contributed by atoms with Crippen LogP contribution in [0.1, 0.15) is 19.0 Å². The van der Waals surface area contributed by atoms with E-state index in [1.54, 1.807) is 0 Å². The van der Waals surface area contributed by atoms with Gasteiger partial charge in [-0.25, -0.2) is 4.39 Å². The van der Waals surface area contributed by atoms with Crippen molar-refractivity contribution < 1.29 is 18.1 Å². The fourth-order valence-electron chi connectivity index (χ4n) is 2.05. The third kappa shape index (κ3) is 5.96. The van der Waals surface area contributed by atoms with Crippen LogP contribution in [0.5, 0.6) is 5.75 Å². The molecule has 1 amide bonds. The van der Waals surface area contributed by atoms with Gasteiger partial charge >= 0.3 is 0 Å². The monoisotopic (exact) mass is 400 g/mol. The number of benzene rings is 1. The Kier molecular flexibility index (Phi) is 7.35. The van der Waals surface area contributed by atoms with Crippen molar-refractivity contribution in [2.75, 3.05) is 17.7 Å². The van der Waals surface area contributed by atoms with Crippen LogP contribution in [0, 0.1) is 5.82 Å². The highest BCUT2D eigenvalue weighted by Crippen LogP contribution is 2.19. The second kappa shape index (κ2) is 9.49. The van der Waals surface area contributed by atoms with Gasteiger partial charge in [-0.3, -0.25) is 13.8 Å². The van der Waals surface area contributed by atoms with Gasteiger partial charge in [-0.2, -0.15) is 0 Å². The highest BCUT2D eigenvalue weighted by molar-refractivity contribution is 7.84. The fraction of sp³-hybridized carbons (Fsp3) is 0.294. The summed E-state index contributed by atoms with van der Waals surface area (Å²) in [5, 5.41) is 2.38. The van der Waals surface area contributed by atoms with Crippen LogP contribution >= 0.6 is 11.6 Å². The van der Waals surface area contributed by atoms with Crippen molar-refractivity contribution in [3.05, 3.63) is 57.2 Å². The van der Waals surface area contributed by atoms with Gasteiger partial charge in [0.15, 0.2) is 5.75 Å². The Morgan fingerprint density at radius 3 is 2.81 bits per heavy atom. The molecule has 1 atom stereocenters. The standard InChI is InChI=1S/C17H18ClFN2O4S/c1-2-5-25-16-8-20-12(7-15(16)22)9-26(24)10-17(23)21-11-3-4-14(19)13(18)6-11/h3-4,6-8H,2,5,9-10H2,1H3,(H,20,22)(H,21,23). The minimum atomic E-state index is -1.53. The maximum Gasteiger partial charge on any atom is 0.237 e. The first kappa shape index (κ1) is 20.1. The number of ether oxygens (including phenoxy) is 1. The Hall–Kier alpha value is -2.19. The van der Waals surface area contributed by atoms with Crippen LogP contribution in [0.15, 0.2) is 35.3 Å². The molecule has 2 aromatic rings. The number of hydrogen-bond donors (Lipinski definition) is 2. The first-order valence-electron chi connectivity index (χ1n) is 7.83. The quantitative estimate of drug-likeness (QED) is 0.713. The van der Waals surface area contributed by atoms with Crippen LogP contribution in [0.25, 0.3) is 0 Å². The number of H-pyrrole nitrogens is 1. The molecule has 1 aromatic carbocycles. The summed E-state index contributed by atoms with van der Waals surface area (Å²) in [6.07, 6.45) is 2.20. The molecule has 0 aliphatic rings. The molecule has 1 unspecified atom stereocenters. The van der Waals surface area contributed by atoms with E-state index in [1.165, 1.54) is 24.4 Å². The van der Waals surface area contributed by atoms with E-state index in [0.717, 1.165) is 12.5 Å². The molecule has 1 aromatic heterocycles. The summed E-state index contributed by atoms with van der Waals surface area (Å²) < 4.78 is 30.5. The normalized spacial score (nSPS) is 11.8. The van der Waals surface area contributed by atoms with Crippen molar-refractivity contribution in [1.29, 1.82) is 0 Å². The average molecular weight is 401 g/mol. The highest BCUT2D eigenvalue weighted by Gasteiger charge is 2.12. The molecule has 0 saturated carbocycles. The number of carbonyl (C=O) groups excluding carboxylic acids is 1. The smallest absolute Gasteiger partial charge is 0.237 e. The number of anilines is 1. The van der Waals surface area contributed by atoms with E-state index >= 15 is 0 Å². The van der Waals surface area contributed by atoms with E-state index in [0.29, 0.717) is 18.0 Å². The molecule has 0 fully saturated rings. The minimum Gasteiger partial charge on any atom is -0.488 e. The topological polar surface area (TPSA) is 88.3 Å². The SMILES string of the molecule is CCCOc1c[nH]c(CS(=O)CC(=O)Nc2ccc(F)c(Cl)c2)cc1=O. The number of halogens is 2. The molecule has 0 spiro atoms. The lowest BCUT2D eigenvalue weighted by atomic mass is 10.3. The summed E-state index contributed by atoms with van der Waals surface area (Å²) in [5.74, 6) is -1.15. The molecule has 9 heteroatoms. The van der Waals surface area contributed by atoms with E-state index < -0.39 is 22.5 Å². The van der Waals surface area contributed by atoms with Gasteiger partial charge in [0.25, 0.3) is 0 Å². The molecule has 6 nitrogen and oxygen atoms in total. The van der Waals surface area contributed by atoms with E-state index in [-0.39, 0.29) is 27.7 Å². The fourth-order valence-corrected chi connectivity index (χ4v) is 3.21. The average Bonchev–Trinajstić information content (AvgIpc) is 2.57. The highest BCUT2D eigenvalue weighted by atomic mass is 35.5. The van der Waals surface area contributed by atoms with Gasteiger partial charge in [0.05, 0.1) is 17.4 Å². The molecule has 140 valence electrons. The Morgan fingerprint density at radius 2 is 2.15 bits per heavy atom. The number of rotatable bonds is 8. The summed E-state index contributed by atoms with van der Waals surface area (Å²) in [7, 11) is -1.53. The third-order valence-corrected chi connectivity index (χ3v) is 4.72. The molecular formula is C17H18ClFN2O4S. The molecule has 1 heterocycles. The molecular weight excluding hydrogens is 383 g/mol. The lowest BCUT2D eigenvalue weighted by molar-refractivity contribution is -0.113. The molecule has 0 aliphatic carbocycles. The zero-order chi connectivity index (χ0) is 19.1. The maximum atomic E-state index is 13.1. The summed E-state index contributed by atoms with van der Waals surface area (Å²) in [4.78, 5) is 26.6. The number of amides is 1. The van der Waals surface area contributed by atoms with Crippen LogP contribution in [0.3, 0.4) is 0 Å².